The predicted octanol–water partition coefficient (Wildman–Crippen LogP) is 1.76. The molecule has 1 heterocycles. The molecule has 0 fully saturated rings. The summed E-state index contributed by atoms with van der Waals surface area (Å²) in [5.74, 6) is -0.245. The fraction of sp³-hybridized carbons (Fsp3) is 0.154. The van der Waals surface area contributed by atoms with E-state index in [0.29, 0.717) is 5.16 Å². The highest BCUT2D eigenvalue weighted by atomic mass is 32.2. The number of nitrogens with two attached hydrogens (primary N) is 2. The van der Waals surface area contributed by atoms with Crippen LogP contribution in [0.15, 0.2) is 29.4 Å². The molecule has 0 atom stereocenters. The molecule has 1 aromatic heterocycles. The number of methoxy groups -OCH3 is 1. The van der Waals surface area contributed by atoms with Crippen LogP contribution in [0.5, 0.6) is 5.75 Å². The van der Waals surface area contributed by atoms with Gasteiger partial charge in [-0.15, -0.1) is 0 Å². The number of carbonyl (C=O) groups is 1. The predicted molar refractivity (Wildman–Crippen MR) is 78.9 cm³/mol. The molecular formula is C13H13FN4O2S. The topological polar surface area (TPSA) is 104 Å². The number of carbonyl (C=O) groups excluding carboxylic acids is 1. The number of rotatable bonds is 5. The lowest BCUT2D eigenvalue weighted by Crippen LogP contribution is -2.05. The standard InChI is InChI=1S/C13H13FN4O2S/c1-20-10-3-2-7(4-8(10)14)9(19)6-21-13-17-11(15)5-12(16)18-13/h2-5H,6H2,1H3,(H4,15,16,17,18). The third kappa shape index (κ3) is 3.82. The van der Waals surface area contributed by atoms with E-state index in [1.54, 1.807) is 0 Å². The molecule has 2 aromatic rings. The Morgan fingerprint density at radius 3 is 2.52 bits per heavy atom. The minimum atomic E-state index is -0.585. The molecule has 0 unspecified atom stereocenters. The van der Waals surface area contributed by atoms with Gasteiger partial charge in [-0.25, -0.2) is 14.4 Å². The fourth-order valence-electron chi connectivity index (χ4n) is 1.58. The highest BCUT2D eigenvalue weighted by Gasteiger charge is 2.12. The van der Waals surface area contributed by atoms with Gasteiger partial charge >= 0.3 is 0 Å². The highest BCUT2D eigenvalue weighted by molar-refractivity contribution is 7.99. The van der Waals surface area contributed by atoms with Crippen LogP contribution in [-0.2, 0) is 0 Å². The molecule has 0 radical (unpaired) electrons. The molecule has 0 saturated carbocycles. The van der Waals surface area contributed by atoms with Crippen LogP contribution in [0.3, 0.4) is 0 Å². The van der Waals surface area contributed by atoms with E-state index >= 15 is 0 Å². The van der Waals surface area contributed by atoms with Crippen molar-refractivity contribution >= 4 is 29.2 Å². The van der Waals surface area contributed by atoms with E-state index in [9.17, 15) is 9.18 Å². The maximum Gasteiger partial charge on any atom is 0.191 e. The lowest BCUT2D eigenvalue weighted by molar-refractivity contribution is 0.102. The van der Waals surface area contributed by atoms with Crippen molar-refractivity contribution in [2.24, 2.45) is 0 Å². The molecule has 0 aliphatic heterocycles. The Morgan fingerprint density at radius 1 is 1.29 bits per heavy atom. The monoisotopic (exact) mass is 308 g/mol. The van der Waals surface area contributed by atoms with Crippen LogP contribution >= 0.6 is 11.8 Å². The molecule has 0 saturated heterocycles. The second kappa shape index (κ2) is 6.40. The van der Waals surface area contributed by atoms with Crippen molar-refractivity contribution in [3.05, 3.63) is 35.6 Å². The van der Waals surface area contributed by atoms with Crippen LogP contribution in [0, 0.1) is 5.82 Å². The van der Waals surface area contributed by atoms with Crippen LogP contribution in [-0.4, -0.2) is 28.6 Å². The van der Waals surface area contributed by atoms with Crippen molar-refractivity contribution in [1.82, 2.24) is 9.97 Å². The zero-order chi connectivity index (χ0) is 15.4. The Bertz CT molecular complexity index is 661. The van der Waals surface area contributed by atoms with E-state index in [0.717, 1.165) is 17.8 Å². The first-order valence-corrected chi connectivity index (χ1v) is 6.87. The average molecular weight is 308 g/mol. The molecule has 0 aliphatic carbocycles. The van der Waals surface area contributed by atoms with Crippen LogP contribution in [0.2, 0.25) is 0 Å². The number of ether oxygens (including phenoxy) is 1. The summed E-state index contributed by atoms with van der Waals surface area (Å²) < 4.78 is 18.3. The van der Waals surface area contributed by atoms with Crippen molar-refractivity contribution < 1.29 is 13.9 Å². The first-order chi connectivity index (χ1) is 9.99. The molecule has 2 rings (SSSR count). The molecule has 21 heavy (non-hydrogen) atoms. The lowest BCUT2D eigenvalue weighted by Gasteiger charge is -2.05. The van der Waals surface area contributed by atoms with Crippen molar-refractivity contribution in [1.29, 1.82) is 0 Å². The van der Waals surface area contributed by atoms with E-state index in [1.165, 1.54) is 25.3 Å². The fourth-order valence-corrected chi connectivity index (χ4v) is 2.35. The van der Waals surface area contributed by atoms with Crippen molar-refractivity contribution in [3.63, 3.8) is 0 Å². The summed E-state index contributed by atoms with van der Waals surface area (Å²) in [6.45, 7) is 0. The van der Waals surface area contributed by atoms with E-state index in [-0.39, 0.29) is 34.5 Å². The molecular weight excluding hydrogens is 295 g/mol. The van der Waals surface area contributed by atoms with Gasteiger partial charge in [0.05, 0.1) is 12.9 Å². The third-order valence-electron chi connectivity index (χ3n) is 2.55. The van der Waals surface area contributed by atoms with Gasteiger partial charge in [-0.2, -0.15) is 0 Å². The summed E-state index contributed by atoms with van der Waals surface area (Å²) in [6, 6.07) is 5.46. The van der Waals surface area contributed by atoms with Crippen LogP contribution in [0.1, 0.15) is 10.4 Å². The summed E-state index contributed by atoms with van der Waals surface area (Å²) in [6.07, 6.45) is 0. The first kappa shape index (κ1) is 15.0. The van der Waals surface area contributed by atoms with E-state index in [2.05, 4.69) is 9.97 Å². The van der Waals surface area contributed by atoms with Gasteiger partial charge in [0, 0.05) is 11.6 Å². The Balaban J connectivity index is 2.06. The summed E-state index contributed by atoms with van der Waals surface area (Å²) >= 11 is 1.08. The third-order valence-corrected chi connectivity index (χ3v) is 3.40. The van der Waals surface area contributed by atoms with Gasteiger partial charge in [0.2, 0.25) is 0 Å². The molecule has 0 bridgehead atoms. The number of aromatic nitrogens is 2. The van der Waals surface area contributed by atoms with E-state index < -0.39 is 5.82 Å². The smallest absolute Gasteiger partial charge is 0.191 e. The van der Waals surface area contributed by atoms with Gasteiger partial charge in [0.25, 0.3) is 0 Å². The quantitative estimate of drug-likeness (QED) is 0.492. The van der Waals surface area contributed by atoms with Crippen LogP contribution < -0.4 is 16.2 Å². The van der Waals surface area contributed by atoms with Crippen LogP contribution in [0.25, 0.3) is 0 Å². The number of hydrogen-bond acceptors (Lipinski definition) is 7. The number of halogens is 1. The molecule has 6 nitrogen and oxygen atoms in total. The second-order valence-corrected chi connectivity index (χ2v) is 5.00. The largest absolute Gasteiger partial charge is 0.494 e. The number of benzene rings is 1. The SMILES string of the molecule is COc1ccc(C(=O)CSc2nc(N)cc(N)n2)cc1F. The molecule has 1 aromatic carbocycles. The molecule has 0 aliphatic rings. The average Bonchev–Trinajstić information content (AvgIpc) is 2.43. The van der Waals surface area contributed by atoms with Gasteiger partial charge in [0.1, 0.15) is 11.6 Å². The Kier molecular flexibility index (Phi) is 4.59. The second-order valence-electron chi connectivity index (χ2n) is 4.06. The maximum atomic E-state index is 13.5. The minimum absolute atomic E-state index is 0.0503. The lowest BCUT2D eigenvalue weighted by atomic mass is 10.1. The number of ketones is 1. The first-order valence-electron chi connectivity index (χ1n) is 5.89. The molecule has 8 heteroatoms. The van der Waals surface area contributed by atoms with Crippen molar-refractivity contribution in [3.8, 4) is 5.75 Å². The minimum Gasteiger partial charge on any atom is -0.494 e. The summed E-state index contributed by atoms with van der Waals surface area (Å²) in [4.78, 5) is 19.9. The highest BCUT2D eigenvalue weighted by Crippen LogP contribution is 2.21. The number of anilines is 2. The van der Waals surface area contributed by atoms with Gasteiger partial charge in [0.15, 0.2) is 22.5 Å². The molecule has 0 amide bonds. The number of Topliss-reactive ketones (excluding diaryl/α,β-unsaturated/α-hetero) is 1. The van der Waals surface area contributed by atoms with Gasteiger partial charge in [-0.05, 0) is 18.2 Å². The van der Waals surface area contributed by atoms with Crippen LogP contribution in [0.4, 0.5) is 16.0 Å². The summed E-state index contributed by atoms with van der Waals surface area (Å²) in [5, 5.41) is 0.301. The Labute approximate surface area is 124 Å². The molecule has 0 spiro atoms. The Morgan fingerprint density at radius 2 is 1.95 bits per heavy atom. The van der Waals surface area contributed by atoms with Gasteiger partial charge < -0.3 is 16.2 Å². The number of nitrogens with zero attached hydrogens (tertiary/aromatic N) is 2. The van der Waals surface area contributed by atoms with E-state index in [1.807, 2.05) is 0 Å². The summed E-state index contributed by atoms with van der Waals surface area (Å²) in [5.41, 5.74) is 11.3. The van der Waals surface area contributed by atoms with Gasteiger partial charge in [-0.3, -0.25) is 4.79 Å². The maximum absolute atomic E-state index is 13.5. The zero-order valence-electron chi connectivity index (χ0n) is 11.2. The van der Waals surface area contributed by atoms with E-state index in [4.69, 9.17) is 16.2 Å². The number of nitrogen functional groups attached to an aromatic ring is 2. The number of thioether (sulfide) groups is 1. The normalized spacial score (nSPS) is 10.4. The number of hydrogen-bond donors (Lipinski definition) is 2. The summed E-state index contributed by atoms with van der Waals surface area (Å²) in [7, 11) is 1.36. The molecule has 4 N–H and O–H groups in total. The molecule has 110 valence electrons. The van der Waals surface area contributed by atoms with Gasteiger partial charge in [-0.1, -0.05) is 11.8 Å². The Hall–Kier alpha value is -2.35. The zero-order valence-corrected chi connectivity index (χ0v) is 12.0. The van der Waals surface area contributed by atoms with Crippen molar-refractivity contribution in [2.75, 3.05) is 24.3 Å². The van der Waals surface area contributed by atoms with Crippen molar-refractivity contribution in [2.45, 2.75) is 5.16 Å².